The van der Waals surface area contributed by atoms with E-state index in [0.29, 0.717) is 0 Å². The fourth-order valence-corrected chi connectivity index (χ4v) is 4.22. The molecule has 0 bridgehead atoms. The number of rotatable bonds is 4. The molecule has 2 unspecified atom stereocenters. The molecule has 0 aromatic carbocycles. The Morgan fingerprint density at radius 1 is 1.11 bits per heavy atom. The first-order valence-corrected chi connectivity index (χ1v) is 8.28. The molecule has 1 spiro atoms. The van der Waals surface area contributed by atoms with Crippen LogP contribution in [-0.4, -0.2) is 38.0 Å². The Balaban J connectivity index is 1.64. The lowest BCUT2D eigenvalue weighted by Crippen LogP contribution is -2.52. The van der Waals surface area contributed by atoms with Crippen molar-refractivity contribution in [2.24, 2.45) is 11.8 Å². The molecular weight excluding hydrogens is 238 g/mol. The highest BCUT2D eigenvalue weighted by Gasteiger charge is 2.43. The lowest BCUT2D eigenvalue weighted by molar-refractivity contribution is -0.152. The summed E-state index contributed by atoms with van der Waals surface area (Å²) in [5, 5.41) is 3.79. The molecule has 3 heteroatoms. The average molecular weight is 267 g/mol. The van der Waals surface area contributed by atoms with Crippen molar-refractivity contribution in [3.8, 4) is 0 Å². The molecule has 0 radical (unpaired) electrons. The van der Waals surface area contributed by atoms with Gasteiger partial charge >= 0.3 is 0 Å². The highest BCUT2D eigenvalue weighted by atomic mass is 16.5. The number of hydrogen-bond acceptors (Lipinski definition) is 3. The lowest BCUT2D eigenvalue weighted by atomic mass is 9.69. The van der Waals surface area contributed by atoms with E-state index in [-0.39, 0.29) is 5.60 Å². The highest BCUT2D eigenvalue weighted by molar-refractivity contribution is 4.96. The molecule has 2 atom stereocenters. The molecule has 2 heterocycles. The molecular formula is C16H29NO2. The fourth-order valence-electron chi connectivity index (χ4n) is 4.22. The van der Waals surface area contributed by atoms with Crippen molar-refractivity contribution in [3.63, 3.8) is 0 Å². The van der Waals surface area contributed by atoms with Gasteiger partial charge in [-0.1, -0.05) is 13.3 Å². The van der Waals surface area contributed by atoms with Crippen molar-refractivity contribution >= 4 is 0 Å². The molecule has 0 aromatic rings. The molecule has 19 heavy (non-hydrogen) atoms. The van der Waals surface area contributed by atoms with E-state index in [4.69, 9.17) is 9.47 Å². The zero-order valence-corrected chi connectivity index (χ0v) is 12.3. The standard InChI is InChI=1S/C16H29NO2/c1-2-17-15(13-4-3-5-13)14-6-9-19-16(12-14)7-10-18-11-8-16/h13-15,17H,2-12H2,1H3. The molecule has 3 fully saturated rings. The average Bonchev–Trinajstić information content (AvgIpc) is 2.37. The third kappa shape index (κ3) is 2.98. The molecule has 0 aromatic heterocycles. The van der Waals surface area contributed by atoms with Gasteiger partial charge < -0.3 is 14.8 Å². The van der Waals surface area contributed by atoms with Crippen LogP contribution in [0.3, 0.4) is 0 Å². The second-order valence-corrected chi connectivity index (χ2v) is 6.67. The predicted molar refractivity (Wildman–Crippen MR) is 76.3 cm³/mol. The second-order valence-electron chi connectivity index (χ2n) is 6.67. The van der Waals surface area contributed by atoms with Crippen LogP contribution in [0.4, 0.5) is 0 Å². The van der Waals surface area contributed by atoms with E-state index in [0.717, 1.165) is 57.1 Å². The molecule has 1 aliphatic carbocycles. The van der Waals surface area contributed by atoms with E-state index in [1.807, 2.05) is 0 Å². The molecule has 1 saturated carbocycles. The summed E-state index contributed by atoms with van der Waals surface area (Å²) in [6.07, 6.45) is 9.02. The van der Waals surface area contributed by atoms with Crippen LogP contribution in [0.5, 0.6) is 0 Å². The van der Waals surface area contributed by atoms with Gasteiger partial charge in [-0.05, 0) is 56.9 Å². The van der Waals surface area contributed by atoms with Gasteiger partial charge in [-0.25, -0.2) is 0 Å². The van der Waals surface area contributed by atoms with Crippen LogP contribution < -0.4 is 5.32 Å². The normalized spacial score (nSPS) is 33.0. The van der Waals surface area contributed by atoms with Crippen molar-refractivity contribution in [2.45, 2.75) is 63.5 Å². The van der Waals surface area contributed by atoms with Crippen LogP contribution in [0.1, 0.15) is 51.9 Å². The van der Waals surface area contributed by atoms with Crippen LogP contribution in [0, 0.1) is 11.8 Å². The summed E-state index contributed by atoms with van der Waals surface area (Å²) < 4.78 is 11.7. The Hall–Kier alpha value is -0.120. The van der Waals surface area contributed by atoms with Gasteiger partial charge in [-0.15, -0.1) is 0 Å². The topological polar surface area (TPSA) is 30.5 Å². The Labute approximate surface area is 117 Å². The fraction of sp³-hybridized carbons (Fsp3) is 1.00. The Bertz CT molecular complexity index is 279. The van der Waals surface area contributed by atoms with E-state index < -0.39 is 0 Å². The maximum atomic E-state index is 6.19. The van der Waals surface area contributed by atoms with Gasteiger partial charge in [0.05, 0.1) is 5.60 Å². The summed E-state index contributed by atoms with van der Waals surface area (Å²) in [5.74, 6) is 1.75. The van der Waals surface area contributed by atoms with E-state index in [9.17, 15) is 0 Å². The monoisotopic (exact) mass is 267 g/mol. The van der Waals surface area contributed by atoms with Crippen molar-refractivity contribution < 1.29 is 9.47 Å². The zero-order valence-electron chi connectivity index (χ0n) is 12.3. The quantitative estimate of drug-likeness (QED) is 0.849. The van der Waals surface area contributed by atoms with Gasteiger partial charge in [0.15, 0.2) is 0 Å². The maximum Gasteiger partial charge on any atom is 0.0729 e. The first-order chi connectivity index (χ1) is 9.33. The Kier molecular flexibility index (Phi) is 4.45. The minimum absolute atomic E-state index is 0.151. The van der Waals surface area contributed by atoms with Crippen LogP contribution in [0.25, 0.3) is 0 Å². The smallest absolute Gasteiger partial charge is 0.0729 e. The van der Waals surface area contributed by atoms with Gasteiger partial charge in [-0.3, -0.25) is 0 Å². The maximum absolute atomic E-state index is 6.19. The minimum Gasteiger partial charge on any atom is -0.381 e. The van der Waals surface area contributed by atoms with E-state index in [2.05, 4.69) is 12.2 Å². The second kappa shape index (κ2) is 6.11. The third-order valence-corrected chi connectivity index (χ3v) is 5.54. The van der Waals surface area contributed by atoms with Gasteiger partial charge in [0, 0.05) is 25.9 Å². The molecule has 2 saturated heterocycles. The number of nitrogens with one attached hydrogen (secondary N) is 1. The summed E-state index contributed by atoms with van der Waals surface area (Å²) in [5.41, 5.74) is 0.151. The summed E-state index contributed by atoms with van der Waals surface area (Å²) in [6.45, 7) is 6.09. The summed E-state index contributed by atoms with van der Waals surface area (Å²) >= 11 is 0. The van der Waals surface area contributed by atoms with Crippen LogP contribution in [0.2, 0.25) is 0 Å². The van der Waals surface area contributed by atoms with Crippen molar-refractivity contribution in [3.05, 3.63) is 0 Å². The molecule has 110 valence electrons. The van der Waals surface area contributed by atoms with Crippen LogP contribution >= 0.6 is 0 Å². The van der Waals surface area contributed by atoms with Gasteiger partial charge in [0.2, 0.25) is 0 Å². The first kappa shape index (κ1) is 13.8. The molecule has 0 amide bonds. The highest BCUT2D eigenvalue weighted by Crippen LogP contribution is 2.42. The third-order valence-electron chi connectivity index (χ3n) is 5.54. The largest absolute Gasteiger partial charge is 0.381 e. The van der Waals surface area contributed by atoms with Crippen LogP contribution in [-0.2, 0) is 9.47 Å². The van der Waals surface area contributed by atoms with Gasteiger partial charge in [0.25, 0.3) is 0 Å². The van der Waals surface area contributed by atoms with E-state index >= 15 is 0 Å². The summed E-state index contributed by atoms with van der Waals surface area (Å²) in [6, 6.07) is 0.738. The zero-order chi connectivity index (χ0) is 13.1. The summed E-state index contributed by atoms with van der Waals surface area (Å²) in [4.78, 5) is 0. The van der Waals surface area contributed by atoms with E-state index in [1.165, 1.54) is 32.1 Å². The van der Waals surface area contributed by atoms with Crippen molar-refractivity contribution in [1.82, 2.24) is 5.32 Å². The Morgan fingerprint density at radius 2 is 1.89 bits per heavy atom. The van der Waals surface area contributed by atoms with Crippen molar-refractivity contribution in [1.29, 1.82) is 0 Å². The molecule has 3 aliphatic rings. The first-order valence-electron chi connectivity index (χ1n) is 8.28. The Morgan fingerprint density at radius 3 is 2.53 bits per heavy atom. The molecule has 3 rings (SSSR count). The minimum atomic E-state index is 0.151. The molecule has 1 N–H and O–H groups in total. The molecule has 2 aliphatic heterocycles. The SMILES string of the molecule is CCNC(C1CCC1)C1CCOC2(CCOCC2)C1. The number of hydrogen-bond donors (Lipinski definition) is 1. The predicted octanol–water partition coefficient (Wildman–Crippen LogP) is 2.74. The number of ether oxygens (including phenoxy) is 2. The summed E-state index contributed by atoms with van der Waals surface area (Å²) in [7, 11) is 0. The van der Waals surface area contributed by atoms with Crippen molar-refractivity contribution in [2.75, 3.05) is 26.4 Å². The van der Waals surface area contributed by atoms with Gasteiger partial charge in [-0.2, -0.15) is 0 Å². The lowest BCUT2D eigenvalue weighted by Gasteiger charge is -2.48. The van der Waals surface area contributed by atoms with Crippen LogP contribution in [0.15, 0.2) is 0 Å². The van der Waals surface area contributed by atoms with Gasteiger partial charge in [0.1, 0.15) is 0 Å². The molecule has 3 nitrogen and oxygen atoms in total. The van der Waals surface area contributed by atoms with E-state index in [1.54, 1.807) is 0 Å².